The SMILES string of the molecule is NCCc1nc(Cl)c2cccc(N)n12. The van der Waals surface area contributed by atoms with Crippen LogP contribution in [0.15, 0.2) is 18.2 Å². The highest BCUT2D eigenvalue weighted by Gasteiger charge is 2.09. The molecular weight excluding hydrogens is 200 g/mol. The van der Waals surface area contributed by atoms with Crippen molar-refractivity contribution in [2.45, 2.75) is 6.42 Å². The molecule has 0 amide bonds. The third-order valence-electron chi connectivity index (χ3n) is 2.08. The third-order valence-corrected chi connectivity index (χ3v) is 2.36. The normalized spacial score (nSPS) is 11.0. The van der Waals surface area contributed by atoms with Crippen LogP contribution >= 0.6 is 11.6 Å². The number of pyridine rings is 1. The van der Waals surface area contributed by atoms with Crippen molar-refractivity contribution in [1.29, 1.82) is 0 Å². The quantitative estimate of drug-likeness (QED) is 0.779. The topological polar surface area (TPSA) is 69.3 Å². The number of rotatable bonds is 2. The number of hydrogen-bond donors (Lipinski definition) is 2. The first kappa shape index (κ1) is 9.30. The van der Waals surface area contributed by atoms with E-state index in [0.29, 0.717) is 23.9 Å². The van der Waals surface area contributed by atoms with Crippen molar-refractivity contribution in [1.82, 2.24) is 9.38 Å². The Bertz CT molecular complexity index is 463. The van der Waals surface area contributed by atoms with E-state index in [0.717, 1.165) is 11.3 Å². The summed E-state index contributed by atoms with van der Waals surface area (Å²) in [6.07, 6.45) is 0.669. The molecule has 0 spiro atoms. The first-order valence-corrected chi connectivity index (χ1v) is 4.73. The molecule has 4 N–H and O–H groups in total. The van der Waals surface area contributed by atoms with E-state index < -0.39 is 0 Å². The van der Waals surface area contributed by atoms with Gasteiger partial charge in [-0.1, -0.05) is 17.7 Å². The highest BCUT2D eigenvalue weighted by Crippen LogP contribution is 2.21. The average molecular weight is 211 g/mol. The standard InChI is InChI=1S/C9H11ClN4/c10-9-6-2-1-3-7(12)14(6)8(13-9)4-5-11/h1-3H,4-5,11-12H2. The molecular formula is C9H11ClN4. The molecule has 4 nitrogen and oxygen atoms in total. The van der Waals surface area contributed by atoms with Crippen LogP contribution in [0.2, 0.25) is 5.15 Å². The zero-order valence-corrected chi connectivity index (χ0v) is 8.33. The smallest absolute Gasteiger partial charge is 0.155 e. The second kappa shape index (κ2) is 3.48. The van der Waals surface area contributed by atoms with Crippen molar-refractivity contribution in [3.8, 4) is 0 Å². The maximum atomic E-state index is 5.96. The van der Waals surface area contributed by atoms with Gasteiger partial charge in [-0.25, -0.2) is 4.98 Å². The summed E-state index contributed by atoms with van der Waals surface area (Å²) in [5.74, 6) is 1.44. The van der Waals surface area contributed by atoms with Crippen LogP contribution in [-0.2, 0) is 6.42 Å². The molecule has 5 heteroatoms. The van der Waals surface area contributed by atoms with Gasteiger partial charge in [0.15, 0.2) is 5.15 Å². The van der Waals surface area contributed by atoms with Gasteiger partial charge in [0.25, 0.3) is 0 Å². The predicted octanol–water partition coefficient (Wildman–Crippen LogP) is 1.07. The highest BCUT2D eigenvalue weighted by molar-refractivity contribution is 6.32. The molecule has 0 fully saturated rings. The van der Waals surface area contributed by atoms with Gasteiger partial charge in [-0.3, -0.25) is 4.40 Å². The summed E-state index contributed by atoms with van der Waals surface area (Å²) in [4.78, 5) is 4.21. The molecule has 2 rings (SSSR count). The van der Waals surface area contributed by atoms with E-state index in [1.165, 1.54) is 0 Å². The van der Waals surface area contributed by atoms with E-state index in [4.69, 9.17) is 23.1 Å². The van der Waals surface area contributed by atoms with Gasteiger partial charge >= 0.3 is 0 Å². The van der Waals surface area contributed by atoms with Gasteiger partial charge in [0.2, 0.25) is 0 Å². The second-order valence-corrected chi connectivity index (χ2v) is 3.39. The van der Waals surface area contributed by atoms with Crippen molar-refractivity contribution in [3.63, 3.8) is 0 Å². The Hall–Kier alpha value is -1.26. The fraction of sp³-hybridized carbons (Fsp3) is 0.222. The van der Waals surface area contributed by atoms with Gasteiger partial charge in [-0.05, 0) is 18.7 Å². The Kier molecular flexibility index (Phi) is 2.31. The highest BCUT2D eigenvalue weighted by atomic mass is 35.5. The van der Waals surface area contributed by atoms with Gasteiger partial charge < -0.3 is 11.5 Å². The van der Waals surface area contributed by atoms with Gasteiger partial charge in [-0.2, -0.15) is 0 Å². The number of imidazole rings is 1. The second-order valence-electron chi connectivity index (χ2n) is 3.03. The molecule has 0 bridgehead atoms. The molecule has 0 saturated heterocycles. The molecule has 0 aliphatic rings. The molecule has 0 saturated carbocycles. The number of hydrogen-bond acceptors (Lipinski definition) is 3. The molecule has 0 radical (unpaired) electrons. The minimum absolute atomic E-state index is 0.473. The molecule has 2 aromatic heterocycles. The van der Waals surface area contributed by atoms with E-state index in [-0.39, 0.29) is 0 Å². The number of aromatic nitrogens is 2. The van der Waals surface area contributed by atoms with Crippen LogP contribution in [0.4, 0.5) is 5.82 Å². The lowest BCUT2D eigenvalue weighted by atomic mass is 10.3. The number of nitrogens with zero attached hydrogens (tertiary/aromatic N) is 2. The first-order chi connectivity index (χ1) is 6.74. The Balaban J connectivity index is 2.72. The van der Waals surface area contributed by atoms with Gasteiger partial charge in [-0.15, -0.1) is 0 Å². The minimum atomic E-state index is 0.473. The van der Waals surface area contributed by atoms with Crippen LogP contribution in [0.3, 0.4) is 0 Å². The maximum absolute atomic E-state index is 5.96. The lowest BCUT2D eigenvalue weighted by molar-refractivity contribution is 0.867. The molecule has 2 aromatic rings. The van der Waals surface area contributed by atoms with E-state index >= 15 is 0 Å². The van der Waals surface area contributed by atoms with E-state index in [2.05, 4.69) is 4.98 Å². The lowest BCUT2D eigenvalue weighted by Crippen LogP contribution is -2.08. The molecule has 14 heavy (non-hydrogen) atoms. The fourth-order valence-electron chi connectivity index (χ4n) is 1.49. The molecule has 74 valence electrons. The summed E-state index contributed by atoms with van der Waals surface area (Å²) in [5.41, 5.74) is 12.1. The van der Waals surface area contributed by atoms with Crippen molar-refractivity contribution in [2.24, 2.45) is 5.73 Å². The van der Waals surface area contributed by atoms with Crippen molar-refractivity contribution in [3.05, 3.63) is 29.2 Å². The van der Waals surface area contributed by atoms with E-state index in [1.807, 2.05) is 22.6 Å². The van der Waals surface area contributed by atoms with Crippen molar-refractivity contribution < 1.29 is 0 Å². The zero-order chi connectivity index (χ0) is 10.1. The summed E-state index contributed by atoms with van der Waals surface area (Å²) in [6, 6.07) is 5.54. The largest absolute Gasteiger partial charge is 0.385 e. The molecule has 0 aliphatic carbocycles. The zero-order valence-electron chi connectivity index (χ0n) is 7.57. The third kappa shape index (κ3) is 1.32. The monoisotopic (exact) mass is 210 g/mol. The molecule has 0 atom stereocenters. The summed E-state index contributed by atoms with van der Waals surface area (Å²) >= 11 is 5.96. The van der Waals surface area contributed by atoms with E-state index in [9.17, 15) is 0 Å². The Morgan fingerprint density at radius 3 is 2.93 bits per heavy atom. The van der Waals surface area contributed by atoms with Crippen LogP contribution in [0, 0.1) is 0 Å². The molecule has 0 aliphatic heterocycles. The average Bonchev–Trinajstić information content (AvgIpc) is 2.46. The molecule has 0 unspecified atom stereocenters. The fourth-order valence-corrected chi connectivity index (χ4v) is 1.74. The summed E-state index contributed by atoms with van der Waals surface area (Å²) in [5, 5.41) is 0.473. The summed E-state index contributed by atoms with van der Waals surface area (Å²) in [6.45, 7) is 0.532. The van der Waals surface area contributed by atoms with Gasteiger partial charge in [0.05, 0.1) is 5.52 Å². The number of anilines is 1. The Labute approximate surface area is 86.5 Å². The number of fused-ring (bicyclic) bond motifs is 1. The minimum Gasteiger partial charge on any atom is -0.385 e. The van der Waals surface area contributed by atoms with Crippen LogP contribution < -0.4 is 11.5 Å². The Morgan fingerprint density at radius 2 is 2.21 bits per heavy atom. The number of nitrogen functional groups attached to an aromatic ring is 1. The lowest BCUT2D eigenvalue weighted by Gasteiger charge is -2.02. The predicted molar refractivity (Wildman–Crippen MR) is 57.4 cm³/mol. The van der Waals surface area contributed by atoms with Crippen molar-refractivity contribution in [2.75, 3.05) is 12.3 Å². The van der Waals surface area contributed by atoms with Crippen LogP contribution in [-0.4, -0.2) is 15.9 Å². The maximum Gasteiger partial charge on any atom is 0.155 e. The summed E-state index contributed by atoms with van der Waals surface area (Å²) < 4.78 is 1.83. The number of nitrogens with two attached hydrogens (primary N) is 2. The van der Waals surface area contributed by atoms with Crippen LogP contribution in [0.1, 0.15) is 5.82 Å². The van der Waals surface area contributed by atoms with Gasteiger partial charge in [0, 0.05) is 6.42 Å². The first-order valence-electron chi connectivity index (χ1n) is 4.35. The van der Waals surface area contributed by atoms with E-state index in [1.54, 1.807) is 0 Å². The molecule has 2 heterocycles. The van der Waals surface area contributed by atoms with Crippen LogP contribution in [0.25, 0.3) is 5.52 Å². The van der Waals surface area contributed by atoms with Gasteiger partial charge in [0.1, 0.15) is 11.6 Å². The van der Waals surface area contributed by atoms with Crippen molar-refractivity contribution >= 4 is 22.9 Å². The number of halogens is 1. The summed E-state index contributed by atoms with van der Waals surface area (Å²) in [7, 11) is 0. The van der Waals surface area contributed by atoms with Crippen LogP contribution in [0.5, 0.6) is 0 Å². The molecule has 0 aromatic carbocycles. The Morgan fingerprint density at radius 1 is 1.43 bits per heavy atom.